The Morgan fingerprint density at radius 1 is 1.19 bits per heavy atom. The molecule has 0 saturated carbocycles. The minimum Gasteiger partial charge on any atom is -0.508 e. The zero-order valence-electron chi connectivity index (χ0n) is 18.0. The molecule has 2 heterocycles. The van der Waals surface area contributed by atoms with Gasteiger partial charge in [-0.1, -0.05) is 11.6 Å². The molecule has 2 aromatic rings. The van der Waals surface area contributed by atoms with Crippen LogP contribution in [0.5, 0.6) is 28.7 Å². The molecule has 0 aliphatic carbocycles. The topological polar surface area (TPSA) is 96.2 Å². The maximum Gasteiger partial charge on any atom is 0.174 e. The van der Waals surface area contributed by atoms with Crippen LogP contribution in [0.4, 0.5) is 0 Å². The molecule has 0 bridgehead atoms. The van der Waals surface area contributed by atoms with E-state index in [1.165, 1.54) is 18.2 Å². The number of phenols is 3. The third-order valence-electron chi connectivity index (χ3n) is 5.51. The zero-order valence-corrected chi connectivity index (χ0v) is 18.0. The van der Waals surface area contributed by atoms with Crippen molar-refractivity contribution in [3.8, 4) is 28.7 Å². The maximum absolute atomic E-state index is 13.1. The van der Waals surface area contributed by atoms with Crippen LogP contribution in [0.1, 0.15) is 67.3 Å². The standard InChI is InChI=1S/C25H26O6/c1-13(2)5-7-16-22(29)21-19(28)12-20(15-8-6-14(26)11-18(15)27)30-24(21)17-9-10-25(3,4)31-23(16)17/h5-6,8-11,20,26-27,29H,7,12H2,1-4H3/t20-/m0/s1. The quantitative estimate of drug-likeness (QED) is 0.588. The number of ether oxygens (including phenoxy) is 2. The fourth-order valence-electron chi connectivity index (χ4n) is 3.92. The minimum absolute atomic E-state index is 0.0458. The molecule has 2 aromatic carbocycles. The largest absolute Gasteiger partial charge is 0.508 e. The summed E-state index contributed by atoms with van der Waals surface area (Å²) in [4.78, 5) is 13.1. The monoisotopic (exact) mass is 422 g/mol. The Labute approximate surface area is 181 Å². The Kier molecular flexibility index (Phi) is 4.96. The van der Waals surface area contributed by atoms with Crippen LogP contribution in [0.15, 0.2) is 35.9 Å². The Morgan fingerprint density at radius 2 is 1.94 bits per heavy atom. The van der Waals surface area contributed by atoms with Crippen molar-refractivity contribution in [2.45, 2.75) is 52.2 Å². The molecule has 6 heteroatoms. The van der Waals surface area contributed by atoms with Gasteiger partial charge in [-0.05, 0) is 58.4 Å². The van der Waals surface area contributed by atoms with Crippen LogP contribution in [-0.4, -0.2) is 26.7 Å². The fourth-order valence-corrected chi connectivity index (χ4v) is 3.92. The average molecular weight is 422 g/mol. The highest BCUT2D eigenvalue weighted by Crippen LogP contribution is 2.52. The molecule has 162 valence electrons. The first-order valence-corrected chi connectivity index (χ1v) is 10.2. The lowest BCUT2D eigenvalue weighted by Gasteiger charge is -2.34. The molecule has 3 N–H and O–H groups in total. The molecule has 0 amide bonds. The summed E-state index contributed by atoms with van der Waals surface area (Å²) >= 11 is 0. The van der Waals surface area contributed by atoms with Gasteiger partial charge in [-0.3, -0.25) is 4.79 Å². The van der Waals surface area contributed by atoms with Crippen LogP contribution in [0.3, 0.4) is 0 Å². The number of ketones is 1. The summed E-state index contributed by atoms with van der Waals surface area (Å²) in [6.45, 7) is 7.76. The van der Waals surface area contributed by atoms with Gasteiger partial charge in [0.05, 0.1) is 12.0 Å². The molecule has 6 nitrogen and oxygen atoms in total. The van der Waals surface area contributed by atoms with E-state index in [1.807, 2.05) is 45.9 Å². The number of hydrogen-bond acceptors (Lipinski definition) is 6. The van der Waals surface area contributed by atoms with Gasteiger partial charge in [0.25, 0.3) is 0 Å². The van der Waals surface area contributed by atoms with E-state index < -0.39 is 11.7 Å². The highest BCUT2D eigenvalue weighted by molar-refractivity contribution is 6.05. The van der Waals surface area contributed by atoms with E-state index in [1.54, 1.807) is 0 Å². The van der Waals surface area contributed by atoms with Crippen LogP contribution in [0, 0.1) is 0 Å². The third kappa shape index (κ3) is 3.74. The highest BCUT2D eigenvalue weighted by atomic mass is 16.5. The van der Waals surface area contributed by atoms with Crippen molar-refractivity contribution in [3.63, 3.8) is 0 Å². The summed E-state index contributed by atoms with van der Waals surface area (Å²) in [6, 6.07) is 4.16. The number of carbonyl (C=O) groups excluding carboxylic acids is 1. The first kappa shape index (κ1) is 20.8. The van der Waals surface area contributed by atoms with E-state index in [0.29, 0.717) is 28.9 Å². The molecule has 0 unspecified atom stereocenters. The second kappa shape index (κ2) is 7.38. The number of phenolic OH excluding ortho intramolecular Hbond substituents is 3. The number of carbonyl (C=O) groups is 1. The molecule has 0 spiro atoms. The van der Waals surface area contributed by atoms with Crippen molar-refractivity contribution in [2.24, 2.45) is 0 Å². The highest BCUT2D eigenvalue weighted by Gasteiger charge is 2.38. The lowest BCUT2D eigenvalue weighted by Crippen LogP contribution is -2.30. The molecule has 0 aromatic heterocycles. The molecule has 4 rings (SSSR count). The molecule has 0 radical (unpaired) electrons. The van der Waals surface area contributed by atoms with E-state index >= 15 is 0 Å². The van der Waals surface area contributed by atoms with Crippen LogP contribution in [0.25, 0.3) is 6.08 Å². The summed E-state index contributed by atoms with van der Waals surface area (Å²) in [7, 11) is 0. The summed E-state index contributed by atoms with van der Waals surface area (Å²) in [6.07, 6.45) is 5.33. The van der Waals surface area contributed by atoms with E-state index in [2.05, 4.69) is 0 Å². The molecule has 31 heavy (non-hydrogen) atoms. The molecule has 1 atom stereocenters. The lowest BCUT2D eigenvalue weighted by atomic mass is 9.88. The Bertz CT molecular complexity index is 1140. The smallest absolute Gasteiger partial charge is 0.174 e. The van der Waals surface area contributed by atoms with Gasteiger partial charge in [-0.2, -0.15) is 0 Å². The number of benzene rings is 2. The van der Waals surface area contributed by atoms with E-state index in [9.17, 15) is 20.1 Å². The zero-order chi connectivity index (χ0) is 22.5. The molecule has 0 saturated heterocycles. The molecular formula is C25H26O6. The Morgan fingerprint density at radius 3 is 2.61 bits per heavy atom. The fraction of sp³-hybridized carbons (Fsp3) is 0.320. The number of rotatable bonds is 3. The van der Waals surface area contributed by atoms with Crippen molar-refractivity contribution < 1.29 is 29.6 Å². The predicted octanol–water partition coefficient (Wildman–Crippen LogP) is 5.20. The first-order chi connectivity index (χ1) is 14.6. The predicted molar refractivity (Wildman–Crippen MR) is 117 cm³/mol. The third-order valence-corrected chi connectivity index (χ3v) is 5.51. The summed E-state index contributed by atoms with van der Waals surface area (Å²) in [5, 5.41) is 30.9. The van der Waals surface area contributed by atoms with Crippen molar-refractivity contribution in [1.29, 1.82) is 0 Å². The SMILES string of the molecule is CC(C)=CCc1c(O)c2c(c3c1OC(C)(C)C=C3)O[C@H](c1ccc(O)cc1O)CC2=O. The van der Waals surface area contributed by atoms with Gasteiger partial charge >= 0.3 is 0 Å². The van der Waals surface area contributed by atoms with Gasteiger partial charge in [0.15, 0.2) is 5.78 Å². The maximum atomic E-state index is 13.1. The van der Waals surface area contributed by atoms with Crippen LogP contribution in [0.2, 0.25) is 0 Å². The van der Waals surface area contributed by atoms with Gasteiger partial charge in [-0.25, -0.2) is 0 Å². The first-order valence-electron chi connectivity index (χ1n) is 10.2. The van der Waals surface area contributed by atoms with Crippen LogP contribution >= 0.6 is 0 Å². The molecule has 2 aliphatic heterocycles. The summed E-state index contributed by atoms with van der Waals surface area (Å²) in [5.74, 6) is 0.0821. The summed E-state index contributed by atoms with van der Waals surface area (Å²) < 4.78 is 12.4. The van der Waals surface area contributed by atoms with Gasteiger partial charge in [0.1, 0.15) is 46.0 Å². The van der Waals surface area contributed by atoms with Crippen molar-refractivity contribution in [2.75, 3.05) is 0 Å². The Hall–Kier alpha value is -3.41. The number of hydrogen-bond donors (Lipinski definition) is 3. The van der Waals surface area contributed by atoms with Crippen molar-refractivity contribution >= 4 is 11.9 Å². The number of fused-ring (bicyclic) bond motifs is 3. The molecule has 2 aliphatic rings. The van der Waals surface area contributed by atoms with Gasteiger partial charge in [0.2, 0.25) is 0 Å². The molecule has 0 fully saturated rings. The van der Waals surface area contributed by atoms with Gasteiger partial charge in [0, 0.05) is 17.2 Å². The van der Waals surface area contributed by atoms with E-state index in [4.69, 9.17) is 9.47 Å². The number of allylic oxidation sites excluding steroid dienone is 2. The van der Waals surface area contributed by atoms with Crippen LogP contribution < -0.4 is 9.47 Å². The van der Waals surface area contributed by atoms with E-state index in [0.717, 1.165) is 5.57 Å². The summed E-state index contributed by atoms with van der Waals surface area (Å²) in [5.41, 5.74) is 2.18. The van der Waals surface area contributed by atoms with E-state index in [-0.39, 0.29) is 40.8 Å². The number of Topliss-reactive ketones (excluding diaryl/α,β-unsaturated/α-hetero) is 1. The number of aromatic hydroxyl groups is 3. The van der Waals surface area contributed by atoms with Crippen molar-refractivity contribution in [1.82, 2.24) is 0 Å². The Balaban J connectivity index is 1.89. The van der Waals surface area contributed by atoms with Crippen molar-refractivity contribution in [3.05, 3.63) is 58.2 Å². The van der Waals surface area contributed by atoms with Crippen LogP contribution in [-0.2, 0) is 6.42 Å². The van der Waals surface area contributed by atoms with Gasteiger partial charge < -0.3 is 24.8 Å². The second-order valence-electron chi connectivity index (χ2n) is 8.78. The van der Waals surface area contributed by atoms with Gasteiger partial charge in [-0.15, -0.1) is 0 Å². The lowest BCUT2D eigenvalue weighted by molar-refractivity contribution is 0.0837. The second-order valence-corrected chi connectivity index (χ2v) is 8.78. The normalized spacial score (nSPS) is 18.5. The minimum atomic E-state index is -0.754. The molecular weight excluding hydrogens is 396 g/mol. The average Bonchev–Trinajstić information content (AvgIpc) is 2.66.